The molecule has 0 fully saturated rings. The topological polar surface area (TPSA) is 93.5 Å². The van der Waals surface area contributed by atoms with Crippen LogP contribution in [0.2, 0.25) is 0 Å². The third-order valence-electron chi connectivity index (χ3n) is 2.43. The molecule has 6 heteroatoms. The number of nitrogens with one attached hydrogen (secondary N) is 2. The van der Waals surface area contributed by atoms with E-state index >= 15 is 0 Å². The maximum Gasteiger partial charge on any atom is 0.250 e. The fourth-order valence-electron chi connectivity index (χ4n) is 1.55. The standard InChI is InChI=1S/C13H19N3O3/c1-9-7-10(15-12(17)5-6-14)3-4-11(9)16-13(18)8-19-2/h3-4,7H,5-6,8,14H2,1-2H3,(H,15,17)(H,16,18). The first-order valence-corrected chi connectivity index (χ1v) is 5.96. The number of carbonyl (C=O) groups excluding carboxylic acids is 2. The number of aryl methyl sites for hydroxylation is 1. The molecule has 1 aromatic rings. The molecule has 104 valence electrons. The van der Waals surface area contributed by atoms with Gasteiger partial charge in [-0.25, -0.2) is 0 Å². The number of methoxy groups -OCH3 is 1. The SMILES string of the molecule is COCC(=O)Nc1ccc(NC(=O)CCN)cc1C. The fraction of sp³-hybridized carbons (Fsp3) is 0.385. The number of amides is 2. The third-order valence-corrected chi connectivity index (χ3v) is 2.43. The van der Waals surface area contributed by atoms with Crippen LogP contribution in [0.1, 0.15) is 12.0 Å². The monoisotopic (exact) mass is 265 g/mol. The molecule has 0 aliphatic rings. The predicted molar refractivity (Wildman–Crippen MR) is 74.0 cm³/mol. The zero-order valence-electron chi connectivity index (χ0n) is 11.2. The van der Waals surface area contributed by atoms with Gasteiger partial charge in [0.1, 0.15) is 6.61 Å². The Bertz CT molecular complexity index is 460. The highest BCUT2D eigenvalue weighted by atomic mass is 16.5. The molecule has 19 heavy (non-hydrogen) atoms. The van der Waals surface area contributed by atoms with Crippen molar-refractivity contribution in [2.24, 2.45) is 5.73 Å². The minimum absolute atomic E-state index is 0.00836. The summed E-state index contributed by atoms with van der Waals surface area (Å²) >= 11 is 0. The first-order chi connectivity index (χ1) is 9.06. The van der Waals surface area contributed by atoms with Gasteiger partial charge in [0.05, 0.1) is 0 Å². The van der Waals surface area contributed by atoms with Crippen molar-refractivity contribution in [1.82, 2.24) is 0 Å². The lowest BCUT2D eigenvalue weighted by atomic mass is 10.1. The third kappa shape index (κ3) is 5.07. The van der Waals surface area contributed by atoms with Gasteiger partial charge in [-0.2, -0.15) is 0 Å². The molecule has 0 heterocycles. The lowest BCUT2D eigenvalue weighted by Gasteiger charge is -2.10. The second-order valence-corrected chi connectivity index (χ2v) is 4.10. The molecule has 0 spiro atoms. The van der Waals surface area contributed by atoms with Crippen LogP contribution in [0.25, 0.3) is 0 Å². The molecule has 2 amide bonds. The van der Waals surface area contributed by atoms with Gasteiger partial charge in [-0.3, -0.25) is 9.59 Å². The molecule has 0 radical (unpaired) electrons. The Morgan fingerprint density at radius 1 is 1.26 bits per heavy atom. The van der Waals surface area contributed by atoms with Crippen molar-refractivity contribution in [3.63, 3.8) is 0 Å². The first kappa shape index (κ1) is 15.1. The molecular formula is C13H19N3O3. The van der Waals surface area contributed by atoms with Gasteiger partial charge in [0.2, 0.25) is 11.8 Å². The maximum absolute atomic E-state index is 11.4. The summed E-state index contributed by atoms with van der Waals surface area (Å²) in [6, 6.07) is 5.25. The van der Waals surface area contributed by atoms with Crippen LogP contribution in [-0.4, -0.2) is 32.1 Å². The second kappa shape index (κ2) is 7.50. The highest BCUT2D eigenvalue weighted by molar-refractivity contribution is 5.94. The number of nitrogens with two attached hydrogens (primary N) is 1. The predicted octanol–water partition coefficient (Wildman–Crippen LogP) is 0.867. The highest BCUT2D eigenvalue weighted by Crippen LogP contribution is 2.19. The quantitative estimate of drug-likeness (QED) is 0.711. The summed E-state index contributed by atoms with van der Waals surface area (Å²) in [5.74, 6) is -0.344. The average molecular weight is 265 g/mol. The van der Waals surface area contributed by atoms with Crippen LogP contribution in [0.4, 0.5) is 11.4 Å². The van der Waals surface area contributed by atoms with Crippen LogP contribution in [-0.2, 0) is 14.3 Å². The smallest absolute Gasteiger partial charge is 0.250 e. The van der Waals surface area contributed by atoms with Gasteiger partial charge in [0.25, 0.3) is 0 Å². The molecule has 1 aromatic carbocycles. The molecule has 0 bridgehead atoms. The lowest BCUT2D eigenvalue weighted by molar-refractivity contribution is -0.119. The van der Waals surface area contributed by atoms with Crippen molar-refractivity contribution in [3.8, 4) is 0 Å². The van der Waals surface area contributed by atoms with Crippen LogP contribution in [0.5, 0.6) is 0 Å². The van der Waals surface area contributed by atoms with Gasteiger partial charge in [0, 0.05) is 31.5 Å². The lowest BCUT2D eigenvalue weighted by Crippen LogP contribution is -2.18. The first-order valence-electron chi connectivity index (χ1n) is 5.96. The summed E-state index contributed by atoms with van der Waals surface area (Å²) in [6.07, 6.45) is 0.283. The van der Waals surface area contributed by atoms with E-state index in [1.807, 2.05) is 6.92 Å². The van der Waals surface area contributed by atoms with E-state index in [2.05, 4.69) is 10.6 Å². The van der Waals surface area contributed by atoms with E-state index in [9.17, 15) is 9.59 Å². The Morgan fingerprint density at radius 3 is 2.58 bits per heavy atom. The van der Waals surface area contributed by atoms with Gasteiger partial charge in [-0.05, 0) is 30.7 Å². The zero-order valence-corrected chi connectivity index (χ0v) is 11.2. The molecule has 0 saturated heterocycles. The van der Waals surface area contributed by atoms with Crippen molar-refractivity contribution in [3.05, 3.63) is 23.8 Å². The minimum atomic E-state index is -0.217. The van der Waals surface area contributed by atoms with Crippen LogP contribution in [0.15, 0.2) is 18.2 Å². The van der Waals surface area contributed by atoms with E-state index < -0.39 is 0 Å². The van der Waals surface area contributed by atoms with Crippen LogP contribution >= 0.6 is 0 Å². The number of hydrogen-bond acceptors (Lipinski definition) is 4. The molecule has 0 atom stereocenters. The molecule has 0 saturated carbocycles. The normalized spacial score (nSPS) is 10.1. The second-order valence-electron chi connectivity index (χ2n) is 4.10. The van der Waals surface area contributed by atoms with Crippen LogP contribution in [0, 0.1) is 6.92 Å². The summed E-state index contributed by atoms with van der Waals surface area (Å²) in [5, 5.41) is 5.45. The van der Waals surface area contributed by atoms with Crippen molar-refractivity contribution in [2.75, 3.05) is 30.9 Å². The number of ether oxygens (including phenoxy) is 1. The number of carbonyl (C=O) groups is 2. The summed E-state index contributed by atoms with van der Waals surface area (Å²) in [6.45, 7) is 2.17. The molecule has 6 nitrogen and oxygen atoms in total. The van der Waals surface area contributed by atoms with Gasteiger partial charge in [0.15, 0.2) is 0 Å². The maximum atomic E-state index is 11.4. The Kier molecular flexibility index (Phi) is 5.98. The number of hydrogen-bond donors (Lipinski definition) is 3. The number of benzene rings is 1. The van der Waals surface area contributed by atoms with Crippen molar-refractivity contribution in [1.29, 1.82) is 0 Å². The van der Waals surface area contributed by atoms with E-state index in [1.165, 1.54) is 7.11 Å². The van der Waals surface area contributed by atoms with Crippen molar-refractivity contribution in [2.45, 2.75) is 13.3 Å². The summed E-state index contributed by atoms with van der Waals surface area (Å²) < 4.78 is 4.74. The molecule has 4 N–H and O–H groups in total. The Morgan fingerprint density at radius 2 is 2.00 bits per heavy atom. The molecule has 0 unspecified atom stereocenters. The molecule has 0 aliphatic heterocycles. The fourth-order valence-corrected chi connectivity index (χ4v) is 1.55. The van der Waals surface area contributed by atoms with Crippen LogP contribution < -0.4 is 16.4 Å². The molecular weight excluding hydrogens is 246 g/mol. The zero-order chi connectivity index (χ0) is 14.3. The number of anilines is 2. The summed E-state index contributed by atoms with van der Waals surface area (Å²) in [5.41, 5.74) is 7.53. The Labute approximate surface area is 112 Å². The van der Waals surface area contributed by atoms with E-state index in [4.69, 9.17) is 10.5 Å². The van der Waals surface area contributed by atoms with E-state index in [-0.39, 0.29) is 24.8 Å². The van der Waals surface area contributed by atoms with E-state index in [1.54, 1.807) is 18.2 Å². The number of rotatable bonds is 6. The van der Waals surface area contributed by atoms with Gasteiger partial charge in [-0.15, -0.1) is 0 Å². The molecule has 1 rings (SSSR count). The van der Waals surface area contributed by atoms with Crippen molar-refractivity contribution >= 4 is 23.2 Å². The average Bonchev–Trinajstić information content (AvgIpc) is 2.33. The Hall–Kier alpha value is -1.92. The van der Waals surface area contributed by atoms with Gasteiger partial charge < -0.3 is 21.1 Å². The van der Waals surface area contributed by atoms with E-state index in [0.717, 1.165) is 5.56 Å². The Balaban J connectivity index is 2.69. The minimum Gasteiger partial charge on any atom is -0.375 e. The molecule has 0 aliphatic carbocycles. The van der Waals surface area contributed by atoms with Crippen LogP contribution in [0.3, 0.4) is 0 Å². The summed E-state index contributed by atoms with van der Waals surface area (Å²) in [7, 11) is 1.46. The van der Waals surface area contributed by atoms with Gasteiger partial charge >= 0.3 is 0 Å². The summed E-state index contributed by atoms with van der Waals surface area (Å²) in [4.78, 5) is 22.8. The van der Waals surface area contributed by atoms with E-state index in [0.29, 0.717) is 17.9 Å². The largest absolute Gasteiger partial charge is 0.375 e. The van der Waals surface area contributed by atoms with Gasteiger partial charge in [-0.1, -0.05) is 0 Å². The van der Waals surface area contributed by atoms with Crippen molar-refractivity contribution < 1.29 is 14.3 Å². The molecule has 0 aromatic heterocycles. The highest BCUT2D eigenvalue weighted by Gasteiger charge is 2.06.